The van der Waals surface area contributed by atoms with Crippen molar-refractivity contribution in [2.24, 2.45) is 17.6 Å². The van der Waals surface area contributed by atoms with Gasteiger partial charge < -0.3 is 15.4 Å². The van der Waals surface area contributed by atoms with Crippen molar-refractivity contribution in [2.75, 3.05) is 45.9 Å². The van der Waals surface area contributed by atoms with Crippen LogP contribution in [0.25, 0.3) is 0 Å². The molecule has 2 fully saturated rings. The Hall–Kier alpha value is -0.650. The second-order valence-corrected chi connectivity index (χ2v) is 6.92. The fourth-order valence-electron chi connectivity index (χ4n) is 3.33. The van der Waals surface area contributed by atoms with Crippen LogP contribution in [0, 0.1) is 11.8 Å². The Morgan fingerprint density at radius 3 is 2.38 bits per heavy atom. The standard InChI is InChI=1S/C16H31N3O2/c1-13(2)11-15(17)16(20)19-5-3-14(4-6-19)12-18-7-9-21-10-8-18/h13-15H,3-12,17H2,1-2H3. The zero-order chi connectivity index (χ0) is 15.2. The maximum Gasteiger partial charge on any atom is 0.239 e. The van der Waals surface area contributed by atoms with Crippen LogP contribution >= 0.6 is 0 Å². The Labute approximate surface area is 128 Å². The van der Waals surface area contributed by atoms with Gasteiger partial charge in [0.2, 0.25) is 5.91 Å². The minimum absolute atomic E-state index is 0.147. The Morgan fingerprint density at radius 2 is 1.81 bits per heavy atom. The molecule has 0 aromatic heterocycles. The Bertz CT molecular complexity index is 321. The molecule has 21 heavy (non-hydrogen) atoms. The second kappa shape index (κ2) is 8.11. The van der Waals surface area contributed by atoms with E-state index in [1.54, 1.807) is 0 Å². The fraction of sp³-hybridized carbons (Fsp3) is 0.938. The molecule has 2 rings (SSSR count). The predicted molar refractivity (Wildman–Crippen MR) is 84.0 cm³/mol. The molecule has 0 aromatic rings. The van der Waals surface area contributed by atoms with E-state index >= 15 is 0 Å². The van der Waals surface area contributed by atoms with Gasteiger partial charge in [0.25, 0.3) is 0 Å². The highest BCUT2D eigenvalue weighted by molar-refractivity contribution is 5.81. The summed E-state index contributed by atoms with van der Waals surface area (Å²) in [7, 11) is 0. The number of hydrogen-bond donors (Lipinski definition) is 1. The number of piperidine rings is 1. The number of nitrogens with zero attached hydrogens (tertiary/aromatic N) is 2. The van der Waals surface area contributed by atoms with E-state index < -0.39 is 0 Å². The van der Waals surface area contributed by atoms with E-state index in [0.29, 0.717) is 11.8 Å². The van der Waals surface area contributed by atoms with Crippen LogP contribution in [0.3, 0.4) is 0 Å². The summed E-state index contributed by atoms with van der Waals surface area (Å²) in [6.07, 6.45) is 3.00. The molecule has 5 heteroatoms. The number of morpholine rings is 1. The largest absolute Gasteiger partial charge is 0.379 e. The van der Waals surface area contributed by atoms with Crippen LogP contribution in [0.2, 0.25) is 0 Å². The van der Waals surface area contributed by atoms with Crippen molar-refractivity contribution in [3.63, 3.8) is 0 Å². The predicted octanol–water partition coefficient (Wildman–Crippen LogP) is 0.931. The topological polar surface area (TPSA) is 58.8 Å². The maximum absolute atomic E-state index is 12.3. The maximum atomic E-state index is 12.3. The van der Waals surface area contributed by atoms with E-state index in [9.17, 15) is 4.79 Å². The molecular formula is C16H31N3O2. The molecule has 1 amide bonds. The summed E-state index contributed by atoms with van der Waals surface area (Å²) < 4.78 is 5.39. The van der Waals surface area contributed by atoms with E-state index in [0.717, 1.165) is 65.2 Å². The van der Waals surface area contributed by atoms with E-state index in [-0.39, 0.29) is 11.9 Å². The molecule has 2 N–H and O–H groups in total. The zero-order valence-corrected chi connectivity index (χ0v) is 13.6. The summed E-state index contributed by atoms with van der Waals surface area (Å²) in [5, 5.41) is 0. The highest BCUT2D eigenvalue weighted by Crippen LogP contribution is 2.20. The molecule has 0 bridgehead atoms. The molecule has 0 radical (unpaired) electrons. The molecule has 0 saturated carbocycles. The molecule has 0 aliphatic carbocycles. The molecule has 0 aromatic carbocycles. The summed E-state index contributed by atoms with van der Waals surface area (Å²) in [5.74, 6) is 1.34. The van der Waals surface area contributed by atoms with E-state index in [1.165, 1.54) is 0 Å². The van der Waals surface area contributed by atoms with E-state index in [2.05, 4.69) is 18.7 Å². The van der Waals surface area contributed by atoms with Crippen LogP contribution in [0.15, 0.2) is 0 Å². The van der Waals surface area contributed by atoms with Gasteiger partial charge in [-0.05, 0) is 31.1 Å². The van der Waals surface area contributed by atoms with Crippen molar-refractivity contribution < 1.29 is 9.53 Å². The highest BCUT2D eigenvalue weighted by Gasteiger charge is 2.27. The minimum Gasteiger partial charge on any atom is -0.379 e. The van der Waals surface area contributed by atoms with Crippen LogP contribution in [0.1, 0.15) is 33.1 Å². The van der Waals surface area contributed by atoms with Crippen molar-refractivity contribution in [1.82, 2.24) is 9.80 Å². The lowest BCUT2D eigenvalue weighted by Gasteiger charge is -2.37. The van der Waals surface area contributed by atoms with Gasteiger partial charge in [-0.3, -0.25) is 9.69 Å². The molecule has 2 aliphatic heterocycles. The molecule has 5 nitrogen and oxygen atoms in total. The smallest absolute Gasteiger partial charge is 0.239 e. The van der Waals surface area contributed by atoms with Gasteiger partial charge in [-0.1, -0.05) is 13.8 Å². The van der Waals surface area contributed by atoms with Crippen LogP contribution in [-0.4, -0.2) is 67.7 Å². The Kier molecular flexibility index (Phi) is 6.45. The van der Waals surface area contributed by atoms with Gasteiger partial charge in [0, 0.05) is 32.7 Å². The number of likely N-dealkylation sites (tertiary alicyclic amines) is 1. The first-order valence-corrected chi connectivity index (χ1v) is 8.40. The monoisotopic (exact) mass is 297 g/mol. The molecule has 2 saturated heterocycles. The first-order valence-electron chi connectivity index (χ1n) is 8.40. The van der Waals surface area contributed by atoms with E-state index in [4.69, 9.17) is 10.5 Å². The Morgan fingerprint density at radius 1 is 1.19 bits per heavy atom. The van der Waals surface area contributed by atoms with Gasteiger partial charge in [0.05, 0.1) is 19.3 Å². The average molecular weight is 297 g/mol. The second-order valence-electron chi connectivity index (χ2n) is 6.92. The lowest BCUT2D eigenvalue weighted by atomic mass is 9.95. The lowest BCUT2D eigenvalue weighted by Crippen LogP contribution is -2.49. The van der Waals surface area contributed by atoms with Crippen LogP contribution in [0.4, 0.5) is 0 Å². The van der Waals surface area contributed by atoms with Crippen molar-refractivity contribution in [3.05, 3.63) is 0 Å². The fourth-order valence-corrected chi connectivity index (χ4v) is 3.33. The molecule has 1 unspecified atom stereocenters. The Balaban J connectivity index is 1.71. The zero-order valence-electron chi connectivity index (χ0n) is 13.6. The van der Waals surface area contributed by atoms with Gasteiger partial charge in [0.15, 0.2) is 0 Å². The lowest BCUT2D eigenvalue weighted by molar-refractivity contribution is -0.134. The summed E-state index contributed by atoms with van der Waals surface area (Å²) >= 11 is 0. The summed E-state index contributed by atoms with van der Waals surface area (Å²) in [4.78, 5) is 16.8. The minimum atomic E-state index is -0.319. The number of amides is 1. The average Bonchev–Trinajstić information content (AvgIpc) is 2.47. The van der Waals surface area contributed by atoms with Crippen LogP contribution in [-0.2, 0) is 9.53 Å². The number of nitrogens with two attached hydrogens (primary N) is 1. The van der Waals surface area contributed by atoms with Crippen molar-refractivity contribution in [2.45, 2.75) is 39.2 Å². The molecular weight excluding hydrogens is 266 g/mol. The summed E-state index contributed by atoms with van der Waals surface area (Å²) in [6, 6.07) is -0.319. The molecule has 2 heterocycles. The normalized spacial score (nSPS) is 23.5. The van der Waals surface area contributed by atoms with E-state index in [1.807, 2.05) is 4.90 Å². The van der Waals surface area contributed by atoms with Crippen molar-refractivity contribution in [1.29, 1.82) is 0 Å². The van der Waals surface area contributed by atoms with Gasteiger partial charge in [-0.2, -0.15) is 0 Å². The van der Waals surface area contributed by atoms with Gasteiger partial charge in [-0.25, -0.2) is 0 Å². The van der Waals surface area contributed by atoms with Gasteiger partial charge in [-0.15, -0.1) is 0 Å². The number of rotatable bonds is 5. The third-order valence-corrected chi connectivity index (χ3v) is 4.59. The van der Waals surface area contributed by atoms with Crippen LogP contribution in [0.5, 0.6) is 0 Å². The van der Waals surface area contributed by atoms with Crippen molar-refractivity contribution >= 4 is 5.91 Å². The number of ether oxygens (including phenoxy) is 1. The van der Waals surface area contributed by atoms with Crippen molar-refractivity contribution in [3.8, 4) is 0 Å². The quantitative estimate of drug-likeness (QED) is 0.820. The molecule has 0 spiro atoms. The highest BCUT2D eigenvalue weighted by atomic mass is 16.5. The molecule has 1 atom stereocenters. The summed E-state index contributed by atoms with van der Waals surface area (Å²) in [5.41, 5.74) is 6.02. The first-order chi connectivity index (χ1) is 10.1. The van der Waals surface area contributed by atoms with Gasteiger partial charge in [0.1, 0.15) is 0 Å². The number of hydrogen-bond acceptors (Lipinski definition) is 4. The third kappa shape index (κ3) is 5.24. The number of carbonyl (C=O) groups excluding carboxylic acids is 1. The van der Waals surface area contributed by atoms with Crippen LogP contribution < -0.4 is 5.73 Å². The third-order valence-electron chi connectivity index (χ3n) is 4.59. The molecule has 122 valence electrons. The molecule has 2 aliphatic rings. The number of carbonyl (C=O) groups is 1. The first kappa shape index (κ1) is 16.7. The van der Waals surface area contributed by atoms with Gasteiger partial charge >= 0.3 is 0 Å². The SMILES string of the molecule is CC(C)CC(N)C(=O)N1CCC(CN2CCOCC2)CC1. The summed E-state index contributed by atoms with van der Waals surface area (Å²) in [6.45, 7) is 11.0.